The number of nitrogens with zero attached hydrogens (tertiary/aromatic N) is 32. The highest BCUT2D eigenvalue weighted by Crippen LogP contribution is 2.44. The summed E-state index contributed by atoms with van der Waals surface area (Å²) < 4.78 is 180. The zero-order valence-corrected chi connectivity index (χ0v) is 78.1. The lowest BCUT2D eigenvalue weighted by molar-refractivity contribution is 0.145. The average Bonchev–Trinajstić information content (AvgIpc) is 1.64. The molecular formula is C91H101F10N33O4S2. The van der Waals surface area contributed by atoms with Crippen LogP contribution in [-0.4, -0.2) is 260 Å². The first-order valence-electron chi connectivity index (χ1n) is 45.9. The van der Waals surface area contributed by atoms with E-state index in [2.05, 4.69) is 119 Å². The molecule has 1 aliphatic carbocycles. The van der Waals surface area contributed by atoms with Gasteiger partial charge >= 0.3 is 0 Å². The number of nitrogens with two attached hydrogens (primary N) is 1. The van der Waals surface area contributed by atoms with Gasteiger partial charge in [-0.25, -0.2) is 161 Å². The van der Waals surface area contributed by atoms with Crippen molar-refractivity contribution in [2.75, 3.05) is 135 Å². The van der Waals surface area contributed by atoms with Gasteiger partial charge in [-0.3, -0.25) is 26.2 Å². The van der Waals surface area contributed by atoms with Crippen LogP contribution >= 0.6 is 0 Å². The third kappa shape index (κ3) is 22.1. The van der Waals surface area contributed by atoms with E-state index in [0.29, 0.717) is 124 Å². The molecule has 6 aliphatic heterocycles. The summed E-state index contributed by atoms with van der Waals surface area (Å²) in [6.45, 7) is 10.4. The van der Waals surface area contributed by atoms with Crippen LogP contribution in [0.4, 0.5) is 73.0 Å². The van der Waals surface area contributed by atoms with Crippen molar-refractivity contribution in [2.24, 2.45) is 39.2 Å². The van der Waals surface area contributed by atoms with Gasteiger partial charge in [-0.15, -0.1) is 0 Å². The minimum Gasteiger partial charge on any atom is -0.396 e. The third-order valence-corrected chi connectivity index (χ3v) is 28.4. The summed E-state index contributed by atoms with van der Waals surface area (Å²) in [4.78, 5) is 95.5. The van der Waals surface area contributed by atoms with Gasteiger partial charge in [0.2, 0.25) is 10.0 Å². The lowest BCUT2D eigenvalue weighted by atomic mass is 9.78. The molecule has 4 unspecified atom stereocenters. The fourth-order valence-electron chi connectivity index (χ4n) is 19.1. The molecule has 15 aromatic rings. The van der Waals surface area contributed by atoms with Crippen LogP contribution in [0.25, 0.3) is 85.8 Å². The second kappa shape index (κ2) is 41.9. The summed E-state index contributed by atoms with van der Waals surface area (Å²) >= 11 is 0. The number of rotatable bonds is 19. The molecule has 0 radical (unpaired) electrons. The summed E-state index contributed by atoms with van der Waals surface area (Å²) in [5.41, 5.74) is 9.29. The monoisotopic (exact) mass is 1970 g/mol. The molecule has 3 N–H and O–H groups in total. The Balaban J connectivity index is 0.000000116. The first-order valence-corrected chi connectivity index (χ1v) is 50.1. The number of halogens is 10. The van der Waals surface area contributed by atoms with Gasteiger partial charge in [-0.1, -0.05) is 12.8 Å². The number of hydrogen-bond donors (Lipinski definition) is 2. The van der Waals surface area contributed by atoms with Crippen molar-refractivity contribution < 1.29 is 61.6 Å². The SMILES string of the molecule is CS(=O)(=O)N1CCC2(CCN(c3ccnc(-c4cnc5cnc(C(F)F)cn45)n3)C2)CC1.CS(C)(=O)=NC1CCCN(c2ccnc(-c3cnc4cnc(C(F)F)cn34)n2)C1.FC(F)c1cn2c(-c3nccc(N4CCC5CCCC5C4)n3)cnc2cn1.NCC1CCCN(c2ccnc(-c3cnc4cnc(C(F)F)cn34)n2)C1.OC[C@H]1CCCN(c2ccnc(-c3cnc4cnc(C(F)F)cn34)n2)C1. The molecule has 1 saturated carbocycles. The van der Waals surface area contributed by atoms with E-state index in [1.807, 2.05) is 24.3 Å². The molecule has 5 atom stereocenters. The van der Waals surface area contributed by atoms with Crippen molar-refractivity contribution in [3.05, 3.63) is 183 Å². The molecule has 49 heteroatoms. The van der Waals surface area contributed by atoms with Crippen LogP contribution < -0.4 is 30.2 Å². The molecule has 37 nitrogen and oxygen atoms in total. The maximum absolute atomic E-state index is 13.1. The van der Waals surface area contributed by atoms with E-state index in [4.69, 9.17) is 15.7 Å². The Kier molecular flexibility index (Phi) is 29.0. The molecular weight excluding hydrogens is 1870 g/mol. The molecule has 140 heavy (non-hydrogen) atoms. The predicted octanol–water partition coefficient (Wildman–Crippen LogP) is 13.6. The summed E-state index contributed by atoms with van der Waals surface area (Å²) in [6.07, 6.45) is 34.2. The Bertz CT molecular complexity index is 6990. The highest BCUT2D eigenvalue weighted by atomic mass is 32.2. The molecule has 0 bridgehead atoms. The standard InChI is InChI=1S/C20H23F2N7O2S.C19H20F2N6.C18H21F2N7OS.C17H19F2N7.C17H18F2N6O/c1-32(30,31)28-8-4-20(5-9-28)3-7-27(13-20)16-2-6-23-19(26-16)15-10-25-17-11-24-14(18(21)22)12-29(15)17;20-18(21)14-11-27-15(8-24-17(27)9-23-14)19-22-6-4-16(25-19)26-7-5-12-2-1-3-13(12)10-26;1-29(2,28)25-12-4-3-7-26(10-12)15-5-6-21-18(24-15)14-8-23-16-9-22-13(17(19)20)11-27(14)16;18-16(19)12-10-26-13(7-23-15(26)8-22-12)17-21-4-3-14(24-17)25-5-1-2-11(6-20)9-25;18-16(19)12-9-25-13(6-22-15(25)7-21-12)17-20-4-3-14(23-17)24-5-1-2-11(8-24)10-26/h2,6,10-12,18H,3-5,7-9,13H2,1H3;4,6,8-9,11-13,18H,1-3,5,7,10H2;5-6,8-9,11-12,17H,3-4,7,10H2,1-2H3;3-4,7-8,10-11,16H,1-2,5-6,9,20H2;3-4,6-7,9,11,16,26H,1-2,5,8,10H2/t;;;;11-/m....0/s1. The van der Waals surface area contributed by atoms with Crippen LogP contribution in [0.15, 0.2) is 159 Å². The maximum atomic E-state index is 13.1. The lowest BCUT2D eigenvalue weighted by Gasteiger charge is -2.38. The topological polar surface area (TPSA) is 409 Å². The second-order valence-corrected chi connectivity index (χ2v) is 40.5. The summed E-state index contributed by atoms with van der Waals surface area (Å²) in [6, 6.07) is 9.23. The molecule has 736 valence electrons. The van der Waals surface area contributed by atoms with Crippen LogP contribution in [0.3, 0.4) is 0 Å². The van der Waals surface area contributed by atoms with Gasteiger partial charge in [-0.2, -0.15) is 0 Å². The van der Waals surface area contributed by atoms with Gasteiger partial charge in [0.15, 0.2) is 57.4 Å². The number of anilines is 5. The Morgan fingerprint density at radius 1 is 0.364 bits per heavy atom. The number of alkyl halides is 10. The quantitative estimate of drug-likeness (QED) is 0.0710. The molecule has 22 rings (SSSR count). The van der Waals surface area contributed by atoms with Gasteiger partial charge in [0.1, 0.15) is 86.0 Å². The fourth-order valence-corrected chi connectivity index (χ4v) is 20.9. The Morgan fingerprint density at radius 3 is 1.03 bits per heavy atom. The molecule has 21 heterocycles. The first kappa shape index (κ1) is 96.8. The normalized spacial score (nSPS) is 19.2. The van der Waals surface area contributed by atoms with Gasteiger partial charge < -0.3 is 35.3 Å². The summed E-state index contributed by atoms with van der Waals surface area (Å²) in [7, 11) is -5.33. The highest BCUT2D eigenvalue weighted by Gasteiger charge is 2.43. The third-order valence-electron chi connectivity index (χ3n) is 26.3. The van der Waals surface area contributed by atoms with Crippen molar-refractivity contribution in [1.29, 1.82) is 0 Å². The Labute approximate surface area is 796 Å². The van der Waals surface area contributed by atoms with Crippen molar-refractivity contribution in [1.82, 2.24) is 126 Å². The van der Waals surface area contributed by atoms with E-state index >= 15 is 0 Å². The fraction of sp³-hybridized carbons (Fsp3) is 0.451. The van der Waals surface area contributed by atoms with Crippen molar-refractivity contribution in [3.8, 4) is 57.6 Å². The molecule has 0 aromatic carbocycles. The maximum Gasteiger partial charge on any atom is 0.281 e. The van der Waals surface area contributed by atoms with Crippen LogP contribution in [-0.2, 0) is 19.8 Å². The van der Waals surface area contributed by atoms with Crippen LogP contribution in [0.2, 0.25) is 0 Å². The molecule has 7 aliphatic rings. The minimum absolute atomic E-state index is 0.0138. The number of fused-ring (bicyclic) bond motifs is 6. The van der Waals surface area contributed by atoms with E-state index in [9.17, 15) is 61.6 Å². The van der Waals surface area contributed by atoms with E-state index in [0.717, 1.165) is 152 Å². The summed E-state index contributed by atoms with van der Waals surface area (Å²) in [5.74, 6) is 8.36. The molecule has 6 saturated heterocycles. The van der Waals surface area contributed by atoms with Crippen molar-refractivity contribution in [2.45, 2.75) is 122 Å². The van der Waals surface area contributed by atoms with Crippen molar-refractivity contribution in [3.63, 3.8) is 0 Å². The van der Waals surface area contributed by atoms with Crippen LogP contribution in [0, 0.1) is 29.1 Å². The lowest BCUT2D eigenvalue weighted by Crippen LogP contribution is -2.43. The number of aliphatic hydroxyl groups is 1. The number of piperidine rings is 5. The largest absolute Gasteiger partial charge is 0.396 e. The predicted molar refractivity (Wildman–Crippen MR) is 501 cm³/mol. The molecule has 0 amide bonds. The number of imidazole rings is 5. The molecule has 7 fully saturated rings. The van der Waals surface area contributed by atoms with Gasteiger partial charge in [-0.05, 0) is 137 Å². The zero-order chi connectivity index (χ0) is 97.7. The number of hydrogen-bond acceptors (Lipinski definition) is 31. The average molecular weight is 1980 g/mol. The second-order valence-electron chi connectivity index (χ2n) is 36.0. The minimum atomic E-state index is -3.16. The molecule has 15 aromatic heterocycles. The van der Waals surface area contributed by atoms with E-state index in [-0.39, 0.29) is 52.5 Å². The smallest absolute Gasteiger partial charge is 0.281 e. The van der Waals surface area contributed by atoms with Crippen LogP contribution in [0.1, 0.15) is 144 Å². The van der Waals surface area contributed by atoms with Gasteiger partial charge in [0.05, 0.1) is 74.3 Å². The van der Waals surface area contributed by atoms with E-state index in [1.165, 1.54) is 107 Å². The Hall–Kier alpha value is -13.4. The van der Waals surface area contributed by atoms with E-state index < -0.39 is 51.9 Å². The van der Waals surface area contributed by atoms with Crippen molar-refractivity contribution >= 4 is 77.1 Å². The Morgan fingerprint density at radius 2 is 0.686 bits per heavy atom. The number of sulfonamides is 1. The zero-order valence-electron chi connectivity index (χ0n) is 76.5. The highest BCUT2D eigenvalue weighted by molar-refractivity contribution is 7.92. The molecule has 1 spiro atoms. The van der Waals surface area contributed by atoms with Gasteiger partial charge in [0, 0.05) is 169 Å². The van der Waals surface area contributed by atoms with Gasteiger partial charge in [0.25, 0.3) is 32.1 Å². The van der Waals surface area contributed by atoms with E-state index in [1.54, 1.807) is 93.7 Å². The van der Waals surface area contributed by atoms with Crippen LogP contribution in [0.5, 0.6) is 0 Å². The number of aromatic nitrogens is 25. The number of aliphatic hydroxyl groups excluding tert-OH is 1. The summed E-state index contributed by atoms with van der Waals surface area (Å²) in [5, 5.41) is 9.41. The first-order chi connectivity index (χ1) is 67.5.